The third-order valence-electron chi connectivity index (χ3n) is 9.55. The zero-order chi connectivity index (χ0) is 26.6. The van der Waals surface area contributed by atoms with Gasteiger partial charge >= 0.3 is 0 Å². The van der Waals surface area contributed by atoms with Crippen molar-refractivity contribution in [3.63, 3.8) is 0 Å². The first-order valence-electron chi connectivity index (χ1n) is 14.8. The van der Waals surface area contributed by atoms with Gasteiger partial charge in [0.2, 0.25) is 0 Å². The summed E-state index contributed by atoms with van der Waals surface area (Å²) in [5.41, 5.74) is 10.6. The molecule has 4 aliphatic carbocycles. The number of hydrogen-bond donors (Lipinski definition) is 0. The second-order valence-corrected chi connectivity index (χ2v) is 11.7. The summed E-state index contributed by atoms with van der Waals surface area (Å²) in [6.07, 6.45) is 30.8. The topological polar surface area (TPSA) is 30.3 Å². The Morgan fingerprint density at radius 3 is 2.60 bits per heavy atom. The molecule has 2 aromatic rings. The molecule has 0 radical (unpaired) electrons. The normalized spacial score (nSPS) is 29.2. The lowest BCUT2D eigenvalue weighted by Gasteiger charge is -2.31. The van der Waals surface area contributed by atoms with E-state index in [-0.39, 0.29) is 12.0 Å². The molecule has 8 rings (SSSR count). The largest absolute Gasteiger partial charge is 0.334 e. The average Bonchev–Trinajstić information content (AvgIpc) is 3.54. The minimum absolute atomic E-state index is 0.0189. The predicted molar refractivity (Wildman–Crippen MR) is 164 cm³/mol. The van der Waals surface area contributed by atoms with Gasteiger partial charge in [0.25, 0.3) is 0 Å². The molecule has 0 N–H and O–H groups in total. The van der Waals surface area contributed by atoms with Crippen molar-refractivity contribution in [2.75, 3.05) is 9.80 Å². The van der Waals surface area contributed by atoms with Crippen molar-refractivity contribution in [2.24, 2.45) is 11.8 Å². The zero-order valence-corrected chi connectivity index (χ0v) is 22.7. The Morgan fingerprint density at radius 1 is 0.800 bits per heavy atom. The van der Waals surface area contributed by atoms with E-state index in [1.54, 1.807) is 5.57 Å². The number of nitriles is 1. The number of hydrogen-bond acceptors (Lipinski definition) is 3. The van der Waals surface area contributed by atoms with Crippen molar-refractivity contribution in [3.8, 4) is 6.07 Å². The Hall–Kier alpha value is -4.29. The van der Waals surface area contributed by atoms with E-state index in [0.29, 0.717) is 17.9 Å². The summed E-state index contributed by atoms with van der Waals surface area (Å²) in [4.78, 5) is 5.17. The lowest BCUT2D eigenvalue weighted by atomic mass is 9.85. The molecule has 5 unspecified atom stereocenters. The van der Waals surface area contributed by atoms with Gasteiger partial charge in [-0.15, -0.1) is 0 Å². The van der Waals surface area contributed by atoms with Crippen LogP contribution < -0.4 is 9.80 Å². The summed E-state index contributed by atoms with van der Waals surface area (Å²) in [5.74, 6) is 0.922. The standard InChI is InChI=1S/C37H33N3/c38-24-25-16-18-26(19-17-25)27-8-7-9-28(22-27)40-36-15-6-3-12-32(36)33-21-20-29(23-37(33)40)39-34-13-4-1-10-30(34)31-11-2-5-14-35(31)39/h3-4,6-9,11-16,18-23,25,30,32,34,36H,1-2,5,10,17H2. The predicted octanol–water partition coefficient (Wildman–Crippen LogP) is 8.66. The number of fused-ring (bicyclic) bond motifs is 6. The third-order valence-corrected chi connectivity index (χ3v) is 9.55. The fourth-order valence-corrected chi connectivity index (χ4v) is 7.69. The summed E-state index contributed by atoms with van der Waals surface area (Å²) < 4.78 is 0. The maximum absolute atomic E-state index is 9.30. The molecular weight excluding hydrogens is 486 g/mol. The van der Waals surface area contributed by atoms with E-state index in [9.17, 15) is 5.26 Å². The Kier molecular flexibility index (Phi) is 5.55. The molecule has 40 heavy (non-hydrogen) atoms. The first kappa shape index (κ1) is 23.6. The molecule has 0 bridgehead atoms. The maximum Gasteiger partial charge on any atom is 0.0700 e. The van der Waals surface area contributed by atoms with Crippen LogP contribution >= 0.6 is 0 Å². The van der Waals surface area contributed by atoms with E-state index in [1.165, 1.54) is 58.7 Å². The molecule has 0 spiro atoms. The molecule has 1 saturated heterocycles. The first-order valence-corrected chi connectivity index (χ1v) is 14.8. The number of benzene rings is 2. The first-order chi connectivity index (χ1) is 19.8. The number of rotatable bonds is 3. The Morgan fingerprint density at radius 2 is 1.70 bits per heavy atom. The highest BCUT2D eigenvalue weighted by Crippen LogP contribution is 2.52. The second kappa shape index (κ2) is 9.42. The summed E-state index contributed by atoms with van der Waals surface area (Å²) >= 11 is 0. The monoisotopic (exact) mass is 519 g/mol. The van der Waals surface area contributed by atoms with Crippen LogP contribution in [0.4, 0.5) is 17.1 Å². The third kappa shape index (κ3) is 3.63. The SMILES string of the molecule is N#CC1C=CC(c2cccc(N3c4cc(N5C6=CCCC=C6C6CCC=CC65)ccc4C4C=CC=CC43)c2)=CC1. The minimum atomic E-state index is -0.0189. The summed E-state index contributed by atoms with van der Waals surface area (Å²) in [6, 6.07) is 19.2. The van der Waals surface area contributed by atoms with Crippen LogP contribution in [0.3, 0.4) is 0 Å². The van der Waals surface area contributed by atoms with E-state index in [0.717, 1.165) is 12.8 Å². The maximum atomic E-state index is 9.30. The van der Waals surface area contributed by atoms with E-state index in [4.69, 9.17) is 0 Å². The molecule has 2 aromatic carbocycles. The highest BCUT2D eigenvalue weighted by molar-refractivity contribution is 5.83. The molecule has 3 heteroatoms. The lowest BCUT2D eigenvalue weighted by molar-refractivity contribution is 0.528. The van der Waals surface area contributed by atoms with E-state index in [1.807, 2.05) is 6.08 Å². The van der Waals surface area contributed by atoms with Crippen LogP contribution in [0.2, 0.25) is 0 Å². The molecular formula is C37H33N3. The molecule has 3 nitrogen and oxygen atoms in total. The molecule has 2 heterocycles. The zero-order valence-electron chi connectivity index (χ0n) is 22.7. The van der Waals surface area contributed by atoms with Gasteiger partial charge in [-0.2, -0.15) is 5.26 Å². The van der Waals surface area contributed by atoms with Gasteiger partial charge in [0.15, 0.2) is 0 Å². The van der Waals surface area contributed by atoms with Crippen molar-refractivity contribution < 1.29 is 0 Å². The van der Waals surface area contributed by atoms with Crippen molar-refractivity contribution in [1.29, 1.82) is 5.26 Å². The smallest absolute Gasteiger partial charge is 0.0700 e. The molecule has 196 valence electrons. The fraction of sp³-hybridized carbons (Fsp3) is 0.270. The molecule has 0 saturated carbocycles. The van der Waals surface area contributed by atoms with Crippen LogP contribution in [-0.2, 0) is 0 Å². The van der Waals surface area contributed by atoms with Crippen molar-refractivity contribution in [2.45, 2.75) is 50.1 Å². The van der Waals surface area contributed by atoms with Gasteiger partial charge in [0.05, 0.1) is 24.1 Å². The molecule has 6 aliphatic rings. The van der Waals surface area contributed by atoms with Gasteiger partial charge in [-0.05, 0) is 78.6 Å². The van der Waals surface area contributed by atoms with Crippen LogP contribution in [0, 0.1) is 23.2 Å². The van der Waals surface area contributed by atoms with Gasteiger partial charge in [-0.1, -0.05) is 85.0 Å². The minimum Gasteiger partial charge on any atom is -0.334 e. The number of allylic oxidation sites excluding steroid dienone is 10. The van der Waals surface area contributed by atoms with Crippen molar-refractivity contribution in [3.05, 3.63) is 132 Å². The van der Waals surface area contributed by atoms with Gasteiger partial charge < -0.3 is 9.80 Å². The van der Waals surface area contributed by atoms with Gasteiger partial charge in [-0.3, -0.25) is 0 Å². The molecule has 1 fully saturated rings. The van der Waals surface area contributed by atoms with Crippen molar-refractivity contribution in [1.82, 2.24) is 0 Å². The van der Waals surface area contributed by atoms with Crippen LogP contribution in [-0.4, -0.2) is 12.1 Å². The fourth-order valence-electron chi connectivity index (χ4n) is 7.69. The molecule has 0 aromatic heterocycles. The second-order valence-electron chi connectivity index (χ2n) is 11.7. The molecule has 0 amide bonds. The van der Waals surface area contributed by atoms with Crippen LogP contribution in [0.1, 0.15) is 49.1 Å². The van der Waals surface area contributed by atoms with Crippen molar-refractivity contribution >= 4 is 22.6 Å². The summed E-state index contributed by atoms with van der Waals surface area (Å²) in [5, 5.41) is 9.30. The lowest BCUT2D eigenvalue weighted by Crippen LogP contribution is -2.32. The van der Waals surface area contributed by atoms with Gasteiger partial charge in [0.1, 0.15) is 0 Å². The van der Waals surface area contributed by atoms with Crippen LogP contribution in [0.15, 0.2) is 121 Å². The van der Waals surface area contributed by atoms with Gasteiger partial charge in [-0.25, -0.2) is 0 Å². The number of anilines is 3. The summed E-state index contributed by atoms with van der Waals surface area (Å²) in [6.45, 7) is 0. The van der Waals surface area contributed by atoms with E-state index >= 15 is 0 Å². The Labute approximate surface area is 237 Å². The van der Waals surface area contributed by atoms with Gasteiger partial charge in [0, 0.05) is 34.6 Å². The average molecular weight is 520 g/mol. The highest BCUT2D eigenvalue weighted by Gasteiger charge is 2.43. The number of nitrogens with zero attached hydrogens (tertiary/aromatic N) is 3. The molecule has 5 atom stereocenters. The van der Waals surface area contributed by atoms with Crippen LogP contribution in [0.5, 0.6) is 0 Å². The van der Waals surface area contributed by atoms with E-state index < -0.39 is 0 Å². The van der Waals surface area contributed by atoms with Crippen LogP contribution in [0.25, 0.3) is 5.57 Å². The summed E-state index contributed by atoms with van der Waals surface area (Å²) in [7, 11) is 0. The highest BCUT2D eigenvalue weighted by atomic mass is 15.2. The molecule has 2 aliphatic heterocycles. The van der Waals surface area contributed by atoms with E-state index in [2.05, 4.69) is 119 Å². The Balaban J connectivity index is 1.22. The Bertz CT molecular complexity index is 1640. The quantitative estimate of drug-likeness (QED) is 0.380.